The number of aromatic amines is 1. The summed E-state index contributed by atoms with van der Waals surface area (Å²) in [5, 5.41) is 1.88. The van der Waals surface area contributed by atoms with Gasteiger partial charge in [0.2, 0.25) is 0 Å². The molecule has 0 amide bonds. The predicted octanol–water partition coefficient (Wildman–Crippen LogP) is 4.89. The van der Waals surface area contributed by atoms with Crippen molar-refractivity contribution in [2.75, 3.05) is 6.54 Å². The van der Waals surface area contributed by atoms with E-state index in [0.717, 1.165) is 23.3 Å². The second-order valence-electron chi connectivity index (χ2n) is 6.36. The third kappa shape index (κ3) is 3.58. The second kappa shape index (κ2) is 7.29. The van der Waals surface area contributed by atoms with Crippen molar-refractivity contribution in [3.05, 3.63) is 64.8 Å². The summed E-state index contributed by atoms with van der Waals surface area (Å²) in [6.45, 7) is 4.57. The number of benzene rings is 2. The van der Waals surface area contributed by atoms with Crippen molar-refractivity contribution in [2.24, 2.45) is 5.73 Å². The van der Waals surface area contributed by atoms with Crippen LogP contribution in [-0.2, 0) is 6.42 Å². The lowest BCUT2D eigenvalue weighted by molar-refractivity contribution is 0.242. The van der Waals surface area contributed by atoms with Crippen LogP contribution >= 0.6 is 11.6 Å². The second-order valence-corrected chi connectivity index (χ2v) is 6.76. The van der Waals surface area contributed by atoms with Crippen LogP contribution in [0.4, 0.5) is 0 Å². The number of H-pyrrole nitrogens is 1. The van der Waals surface area contributed by atoms with Gasteiger partial charge in [-0.2, -0.15) is 0 Å². The van der Waals surface area contributed by atoms with Crippen LogP contribution < -0.4 is 10.5 Å². The molecule has 3 rings (SSSR count). The molecule has 24 heavy (non-hydrogen) atoms. The van der Waals surface area contributed by atoms with Crippen LogP contribution in [0, 0.1) is 0 Å². The lowest BCUT2D eigenvalue weighted by Crippen LogP contribution is -2.15. The van der Waals surface area contributed by atoms with Gasteiger partial charge in [0.25, 0.3) is 0 Å². The minimum Gasteiger partial charge on any atom is -0.489 e. The zero-order valence-corrected chi connectivity index (χ0v) is 14.8. The van der Waals surface area contributed by atoms with E-state index in [0.29, 0.717) is 11.6 Å². The van der Waals surface area contributed by atoms with Gasteiger partial charge in [-0.3, -0.25) is 0 Å². The number of halogens is 1. The summed E-state index contributed by atoms with van der Waals surface area (Å²) in [6.07, 6.45) is 3.02. The molecule has 1 unspecified atom stereocenters. The number of rotatable bonds is 6. The minimum atomic E-state index is 0.108. The van der Waals surface area contributed by atoms with E-state index < -0.39 is 0 Å². The van der Waals surface area contributed by atoms with Crippen molar-refractivity contribution in [3.63, 3.8) is 0 Å². The van der Waals surface area contributed by atoms with E-state index in [2.05, 4.69) is 35.4 Å². The summed E-state index contributed by atoms with van der Waals surface area (Å²) in [6, 6.07) is 14.3. The molecule has 126 valence electrons. The monoisotopic (exact) mass is 342 g/mol. The van der Waals surface area contributed by atoms with Crippen LogP contribution in [0.5, 0.6) is 5.75 Å². The number of nitrogens with one attached hydrogen (secondary N) is 1. The third-order valence-corrected chi connectivity index (χ3v) is 4.48. The molecular weight excluding hydrogens is 320 g/mol. The summed E-state index contributed by atoms with van der Waals surface area (Å²) in [5.74, 6) is 0.973. The normalized spacial score (nSPS) is 12.7. The van der Waals surface area contributed by atoms with Crippen molar-refractivity contribution in [1.82, 2.24) is 4.98 Å². The average Bonchev–Trinajstić information content (AvgIpc) is 2.99. The van der Waals surface area contributed by atoms with E-state index in [4.69, 9.17) is 22.1 Å². The Bertz CT molecular complexity index is 825. The summed E-state index contributed by atoms with van der Waals surface area (Å²) in [4.78, 5) is 3.33. The number of hydrogen-bond acceptors (Lipinski definition) is 2. The van der Waals surface area contributed by atoms with Gasteiger partial charge in [0.15, 0.2) is 0 Å². The fourth-order valence-corrected chi connectivity index (χ4v) is 3.31. The van der Waals surface area contributed by atoms with Gasteiger partial charge < -0.3 is 15.5 Å². The fraction of sp³-hybridized carbons (Fsp3) is 0.300. The highest BCUT2D eigenvalue weighted by Gasteiger charge is 2.16. The maximum atomic E-state index is 6.36. The van der Waals surface area contributed by atoms with Crippen LogP contribution in [0.2, 0.25) is 5.02 Å². The van der Waals surface area contributed by atoms with E-state index in [-0.39, 0.29) is 12.0 Å². The Kier molecular flexibility index (Phi) is 5.12. The summed E-state index contributed by atoms with van der Waals surface area (Å²) in [7, 11) is 0. The molecule has 3 aromatic rings. The number of nitrogens with two attached hydrogens (primary N) is 1. The molecule has 0 radical (unpaired) electrons. The first-order valence-corrected chi connectivity index (χ1v) is 8.67. The maximum absolute atomic E-state index is 6.36. The number of fused-ring (bicyclic) bond motifs is 1. The smallest absolute Gasteiger partial charge is 0.138 e. The first-order chi connectivity index (χ1) is 11.6. The molecule has 1 heterocycles. The van der Waals surface area contributed by atoms with Gasteiger partial charge in [0, 0.05) is 23.0 Å². The zero-order chi connectivity index (χ0) is 17.1. The van der Waals surface area contributed by atoms with Crippen LogP contribution in [-0.4, -0.2) is 17.6 Å². The molecule has 1 aromatic heterocycles. The quantitative estimate of drug-likeness (QED) is 0.669. The Balaban J connectivity index is 1.84. The fourth-order valence-electron chi connectivity index (χ4n) is 3.06. The Labute approximate surface area is 147 Å². The lowest BCUT2D eigenvalue weighted by atomic mass is 9.92. The largest absolute Gasteiger partial charge is 0.489 e. The molecule has 1 atom stereocenters. The van der Waals surface area contributed by atoms with Gasteiger partial charge in [-0.15, -0.1) is 0 Å². The first-order valence-electron chi connectivity index (χ1n) is 8.29. The highest BCUT2D eigenvalue weighted by molar-refractivity contribution is 6.32. The van der Waals surface area contributed by atoms with Crippen molar-refractivity contribution < 1.29 is 4.74 Å². The molecule has 0 aliphatic heterocycles. The van der Waals surface area contributed by atoms with E-state index in [1.165, 1.54) is 10.9 Å². The minimum absolute atomic E-state index is 0.108. The number of para-hydroxylation sites is 1. The van der Waals surface area contributed by atoms with Gasteiger partial charge in [0.1, 0.15) is 5.75 Å². The Morgan fingerprint density at radius 3 is 2.67 bits per heavy atom. The SMILES string of the molecule is CC(C)Oc1ccc(CC(CN)c2c[nH]c3ccccc23)cc1Cl. The molecule has 0 bridgehead atoms. The zero-order valence-electron chi connectivity index (χ0n) is 14.1. The van der Waals surface area contributed by atoms with Gasteiger partial charge in [0.05, 0.1) is 11.1 Å². The molecule has 0 spiro atoms. The van der Waals surface area contributed by atoms with E-state index >= 15 is 0 Å². The van der Waals surface area contributed by atoms with Gasteiger partial charge in [-0.05, 0) is 56.1 Å². The van der Waals surface area contributed by atoms with Crippen molar-refractivity contribution in [3.8, 4) is 5.75 Å². The summed E-state index contributed by atoms with van der Waals surface area (Å²) >= 11 is 6.36. The summed E-state index contributed by atoms with van der Waals surface area (Å²) in [5.41, 5.74) is 9.63. The van der Waals surface area contributed by atoms with E-state index in [1.807, 2.05) is 32.0 Å². The standard InChI is InChI=1S/C20H23ClN2O/c1-13(2)24-20-8-7-14(10-18(20)21)9-15(11-22)17-12-23-19-6-4-3-5-16(17)19/h3-8,10,12-13,15,23H,9,11,22H2,1-2H3. The molecule has 0 aliphatic rings. The van der Waals surface area contributed by atoms with Crippen LogP contribution in [0.25, 0.3) is 10.9 Å². The highest BCUT2D eigenvalue weighted by atomic mass is 35.5. The summed E-state index contributed by atoms with van der Waals surface area (Å²) < 4.78 is 5.70. The molecule has 0 aliphatic carbocycles. The van der Waals surface area contributed by atoms with Crippen molar-refractivity contribution >= 4 is 22.5 Å². The molecule has 4 heteroatoms. The van der Waals surface area contributed by atoms with E-state index in [1.54, 1.807) is 0 Å². The van der Waals surface area contributed by atoms with Gasteiger partial charge in [-0.25, -0.2) is 0 Å². The highest BCUT2D eigenvalue weighted by Crippen LogP contribution is 2.31. The molecule has 3 N–H and O–H groups in total. The van der Waals surface area contributed by atoms with Gasteiger partial charge in [-0.1, -0.05) is 35.9 Å². The van der Waals surface area contributed by atoms with Crippen LogP contribution in [0.3, 0.4) is 0 Å². The first kappa shape index (κ1) is 16.9. The molecule has 0 saturated carbocycles. The third-order valence-electron chi connectivity index (χ3n) is 4.19. The molecular formula is C20H23ClN2O. The Morgan fingerprint density at radius 1 is 1.17 bits per heavy atom. The number of aromatic nitrogens is 1. The molecule has 0 fully saturated rings. The van der Waals surface area contributed by atoms with Crippen LogP contribution in [0.1, 0.15) is 30.9 Å². The maximum Gasteiger partial charge on any atom is 0.138 e. The predicted molar refractivity (Wildman–Crippen MR) is 101 cm³/mol. The molecule has 3 nitrogen and oxygen atoms in total. The van der Waals surface area contributed by atoms with Crippen molar-refractivity contribution in [1.29, 1.82) is 0 Å². The number of hydrogen-bond donors (Lipinski definition) is 2. The topological polar surface area (TPSA) is 51.0 Å². The Hall–Kier alpha value is -1.97. The molecule has 0 saturated heterocycles. The lowest BCUT2D eigenvalue weighted by Gasteiger charge is -2.16. The van der Waals surface area contributed by atoms with Gasteiger partial charge >= 0.3 is 0 Å². The Morgan fingerprint density at radius 2 is 1.96 bits per heavy atom. The number of ether oxygens (including phenoxy) is 1. The van der Waals surface area contributed by atoms with Crippen LogP contribution in [0.15, 0.2) is 48.7 Å². The van der Waals surface area contributed by atoms with E-state index in [9.17, 15) is 0 Å². The average molecular weight is 343 g/mol. The van der Waals surface area contributed by atoms with Crippen molar-refractivity contribution in [2.45, 2.75) is 32.3 Å². The molecule has 2 aromatic carbocycles.